The molecule has 0 bridgehead atoms. The molecule has 2 aromatic rings. The summed E-state index contributed by atoms with van der Waals surface area (Å²) in [5.41, 5.74) is 0.765. The van der Waals surface area contributed by atoms with Crippen LogP contribution >= 0.6 is 11.3 Å². The van der Waals surface area contributed by atoms with Crippen molar-refractivity contribution in [2.45, 2.75) is 50.7 Å². The van der Waals surface area contributed by atoms with E-state index in [1.54, 1.807) is 0 Å². The fraction of sp³-hybridized carbons (Fsp3) is 0.556. The molecule has 0 saturated heterocycles. The molecular weight excluding hydrogens is 324 g/mol. The maximum atomic E-state index is 12.1. The predicted molar refractivity (Wildman–Crippen MR) is 94.8 cm³/mol. The zero-order valence-corrected chi connectivity index (χ0v) is 14.5. The lowest BCUT2D eigenvalue weighted by Crippen LogP contribution is -2.39. The summed E-state index contributed by atoms with van der Waals surface area (Å²) < 4.78 is 0.927. The lowest BCUT2D eigenvalue weighted by atomic mass is 9.87. The summed E-state index contributed by atoms with van der Waals surface area (Å²) in [6.45, 7) is 0.549. The van der Waals surface area contributed by atoms with E-state index in [0.717, 1.165) is 16.6 Å². The third kappa shape index (κ3) is 4.12. The van der Waals surface area contributed by atoms with Crippen molar-refractivity contribution in [1.82, 2.24) is 10.3 Å². The van der Waals surface area contributed by atoms with E-state index >= 15 is 0 Å². The molecule has 1 amide bonds. The number of aliphatic hydroxyl groups excluding tert-OH is 2. The van der Waals surface area contributed by atoms with Crippen LogP contribution in [0.25, 0.3) is 10.2 Å². The number of nitrogens with one attached hydrogen (secondary N) is 1. The number of thiazole rings is 1. The SMILES string of the molecule is O=C(NCCC1CCCCC1)[C@H](O)[C@H](O)c1nc2ccccc2s1. The molecule has 0 spiro atoms. The summed E-state index contributed by atoms with van der Waals surface area (Å²) in [6.07, 6.45) is 4.48. The molecule has 1 heterocycles. The topological polar surface area (TPSA) is 82.5 Å². The number of benzene rings is 1. The van der Waals surface area contributed by atoms with Crippen LogP contribution < -0.4 is 5.32 Å². The smallest absolute Gasteiger partial charge is 0.252 e. The van der Waals surface area contributed by atoms with Crippen molar-refractivity contribution < 1.29 is 15.0 Å². The lowest BCUT2D eigenvalue weighted by molar-refractivity contribution is -0.135. The molecule has 3 rings (SSSR count). The first-order valence-corrected chi connectivity index (χ1v) is 9.46. The van der Waals surface area contributed by atoms with Crippen LogP contribution in [0.3, 0.4) is 0 Å². The number of para-hydroxylation sites is 1. The summed E-state index contributed by atoms with van der Waals surface area (Å²) in [7, 11) is 0. The number of nitrogens with zero attached hydrogens (tertiary/aromatic N) is 1. The van der Waals surface area contributed by atoms with E-state index in [0.29, 0.717) is 17.5 Å². The van der Waals surface area contributed by atoms with Crippen LogP contribution in [0.2, 0.25) is 0 Å². The Kier molecular flexibility index (Phi) is 5.81. The zero-order valence-electron chi connectivity index (χ0n) is 13.6. The molecule has 1 aromatic heterocycles. The minimum absolute atomic E-state index is 0.367. The molecule has 0 radical (unpaired) electrons. The Labute approximate surface area is 145 Å². The first-order valence-electron chi connectivity index (χ1n) is 8.64. The molecular formula is C18H24N2O3S. The van der Waals surface area contributed by atoms with E-state index in [1.807, 2.05) is 24.3 Å². The van der Waals surface area contributed by atoms with Gasteiger partial charge in [0.2, 0.25) is 0 Å². The van der Waals surface area contributed by atoms with E-state index in [1.165, 1.54) is 43.4 Å². The van der Waals surface area contributed by atoms with Gasteiger partial charge in [-0.25, -0.2) is 4.98 Å². The van der Waals surface area contributed by atoms with Crippen molar-refractivity contribution in [3.8, 4) is 0 Å². The summed E-state index contributed by atoms with van der Waals surface area (Å²) in [4.78, 5) is 16.4. The minimum atomic E-state index is -1.49. The summed E-state index contributed by atoms with van der Waals surface area (Å²) in [5, 5.41) is 23.5. The molecule has 0 aliphatic heterocycles. The first-order chi connectivity index (χ1) is 11.6. The molecule has 0 unspecified atom stereocenters. The van der Waals surface area contributed by atoms with Crippen LogP contribution in [0, 0.1) is 5.92 Å². The van der Waals surface area contributed by atoms with Gasteiger partial charge in [-0.2, -0.15) is 0 Å². The number of carbonyl (C=O) groups is 1. The van der Waals surface area contributed by atoms with Gasteiger partial charge in [0.1, 0.15) is 11.1 Å². The predicted octanol–water partition coefficient (Wildman–Crippen LogP) is 2.78. The fourth-order valence-corrected chi connectivity index (χ4v) is 4.26. The van der Waals surface area contributed by atoms with Crippen LogP contribution in [-0.2, 0) is 4.79 Å². The molecule has 1 aliphatic rings. The van der Waals surface area contributed by atoms with E-state index < -0.39 is 18.1 Å². The zero-order chi connectivity index (χ0) is 16.9. The molecule has 6 heteroatoms. The number of hydrogen-bond acceptors (Lipinski definition) is 5. The van der Waals surface area contributed by atoms with Crippen molar-refractivity contribution in [1.29, 1.82) is 0 Å². The summed E-state index contributed by atoms with van der Waals surface area (Å²) in [6, 6.07) is 7.51. The summed E-state index contributed by atoms with van der Waals surface area (Å²) >= 11 is 1.30. The van der Waals surface area contributed by atoms with Gasteiger partial charge in [-0.3, -0.25) is 4.79 Å². The Balaban J connectivity index is 1.52. The Morgan fingerprint density at radius 2 is 2.00 bits per heavy atom. The number of hydrogen-bond donors (Lipinski definition) is 3. The first kappa shape index (κ1) is 17.3. The highest BCUT2D eigenvalue weighted by atomic mass is 32.1. The van der Waals surface area contributed by atoms with Crippen molar-refractivity contribution in [2.75, 3.05) is 6.54 Å². The Hall–Kier alpha value is -1.50. The Morgan fingerprint density at radius 3 is 2.75 bits per heavy atom. The lowest BCUT2D eigenvalue weighted by Gasteiger charge is -2.22. The van der Waals surface area contributed by atoms with Crippen molar-refractivity contribution >= 4 is 27.5 Å². The van der Waals surface area contributed by atoms with Gasteiger partial charge in [-0.15, -0.1) is 11.3 Å². The molecule has 24 heavy (non-hydrogen) atoms. The van der Waals surface area contributed by atoms with Crippen molar-refractivity contribution in [3.05, 3.63) is 29.3 Å². The minimum Gasteiger partial charge on any atom is -0.383 e. The number of aromatic nitrogens is 1. The van der Waals surface area contributed by atoms with Gasteiger partial charge in [0, 0.05) is 6.54 Å². The Bertz CT molecular complexity index is 649. The van der Waals surface area contributed by atoms with Gasteiger partial charge in [-0.1, -0.05) is 44.2 Å². The molecule has 3 N–H and O–H groups in total. The molecule has 2 atom stereocenters. The monoisotopic (exact) mass is 348 g/mol. The van der Waals surface area contributed by atoms with Gasteiger partial charge in [0.15, 0.2) is 6.10 Å². The van der Waals surface area contributed by atoms with Crippen LogP contribution in [0.15, 0.2) is 24.3 Å². The fourth-order valence-electron chi connectivity index (χ4n) is 3.27. The standard InChI is InChI=1S/C18H24N2O3S/c21-15(17(23)19-11-10-12-6-2-1-3-7-12)16(22)18-20-13-8-4-5-9-14(13)24-18/h4-5,8-9,12,15-16,21-22H,1-3,6-7,10-11H2,(H,19,23)/t15-,16+/m1/s1. The third-order valence-electron chi connectivity index (χ3n) is 4.71. The molecule has 5 nitrogen and oxygen atoms in total. The normalized spacial score (nSPS) is 18.4. The third-order valence-corrected chi connectivity index (χ3v) is 5.81. The Morgan fingerprint density at radius 1 is 1.25 bits per heavy atom. The van der Waals surface area contributed by atoms with Crippen LogP contribution in [0.4, 0.5) is 0 Å². The van der Waals surface area contributed by atoms with Gasteiger partial charge in [-0.05, 0) is 24.5 Å². The van der Waals surface area contributed by atoms with Crippen LogP contribution in [-0.4, -0.2) is 33.8 Å². The second kappa shape index (κ2) is 8.05. The van der Waals surface area contributed by atoms with Gasteiger partial charge < -0.3 is 15.5 Å². The maximum absolute atomic E-state index is 12.1. The van der Waals surface area contributed by atoms with Crippen molar-refractivity contribution in [3.63, 3.8) is 0 Å². The van der Waals surface area contributed by atoms with E-state index in [4.69, 9.17) is 0 Å². The van der Waals surface area contributed by atoms with E-state index in [9.17, 15) is 15.0 Å². The molecule has 1 aromatic carbocycles. The quantitative estimate of drug-likeness (QED) is 0.750. The molecule has 130 valence electrons. The highest BCUT2D eigenvalue weighted by Gasteiger charge is 2.28. The van der Waals surface area contributed by atoms with Crippen LogP contribution in [0.1, 0.15) is 49.6 Å². The van der Waals surface area contributed by atoms with Gasteiger partial charge in [0.05, 0.1) is 10.2 Å². The molecule has 1 saturated carbocycles. The largest absolute Gasteiger partial charge is 0.383 e. The number of amides is 1. The second-order valence-electron chi connectivity index (χ2n) is 6.49. The highest BCUT2D eigenvalue weighted by molar-refractivity contribution is 7.18. The van der Waals surface area contributed by atoms with E-state index in [2.05, 4.69) is 10.3 Å². The van der Waals surface area contributed by atoms with Gasteiger partial charge >= 0.3 is 0 Å². The number of aliphatic hydroxyl groups is 2. The van der Waals surface area contributed by atoms with E-state index in [-0.39, 0.29) is 0 Å². The highest BCUT2D eigenvalue weighted by Crippen LogP contribution is 2.28. The average Bonchev–Trinajstić information content (AvgIpc) is 3.05. The second-order valence-corrected chi connectivity index (χ2v) is 7.56. The number of fused-ring (bicyclic) bond motifs is 1. The van der Waals surface area contributed by atoms with Gasteiger partial charge in [0.25, 0.3) is 5.91 Å². The maximum Gasteiger partial charge on any atom is 0.252 e. The number of carbonyl (C=O) groups excluding carboxylic acids is 1. The summed E-state index contributed by atoms with van der Waals surface area (Å²) in [5.74, 6) is 0.142. The van der Waals surface area contributed by atoms with Crippen LogP contribution in [0.5, 0.6) is 0 Å². The number of rotatable bonds is 6. The average molecular weight is 348 g/mol. The molecule has 1 fully saturated rings. The molecule has 1 aliphatic carbocycles. The van der Waals surface area contributed by atoms with Crippen molar-refractivity contribution in [2.24, 2.45) is 5.92 Å².